The van der Waals surface area contributed by atoms with E-state index < -0.39 is 0 Å². The van der Waals surface area contributed by atoms with Gasteiger partial charge in [0, 0.05) is 0 Å². The van der Waals surface area contributed by atoms with Crippen molar-refractivity contribution in [2.24, 2.45) is 23.7 Å². The molecule has 0 aliphatic heterocycles. The zero-order valence-corrected chi connectivity index (χ0v) is 14.4. The van der Waals surface area contributed by atoms with Gasteiger partial charge in [0.2, 0.25) is 0 Å². The van der Waals surface area contributed by atoms with Crippen LogP contribution < -0.4 is 0 Å². The van der Waals surface area contributed by atoms with E-state index in [1.54, 1.807) is 11.1 Å². The summed E-state index contributed by atoms with van der Waals surface area (Å²) in [5.41, 5.74) is 3.14. The maximum Gasteiger partial charge on any atom is 0.0573 e. The smallest absolute Gasteiger partial charge is 0.0573 e. The molecule has 1 unspecified atom stereocenters. The van der Waals surface area contributed by atoms with Gasteiger partial charge >= 0.3 is 0 Å². The zero-order valence-electron chi connectivity index (χ0n) is 14.4. The third-order valence-corrected chi connectivity index (χ3v) is 5.96. The first-order valence-corrected chi connectivity index (χ1v) is 8.97. The van der Waals surface area contributed by atoms with E-state index in [2.05, 4.69) is 39.8 Å². The summed E-state index contributed by atoms with van der Waals surface area (Å²) in [6.45, 7) is 9.17. The Hall–Kier alpha value is -0.560. The molecule has 1 fully saturated rings. The summed E-state index contributed by atoms with van der Waals surface area (Å²) >= 11 is 0. The predicted octanol–water partition coefficient (Wildman–Crippen LogP) is 5.50. The number of hydrogen-bond acceptors (Lipinski definition) is 1. The van der Waals surface area contributed by atoms with Gasteiger partial charge in [-0.2, -0.15) is 0 Å². The molecule has 1 saturated carbocycles. The predicted molar refractivity (Wildman–Crippen MR) is 91.1 cm³/mol. The average molecular weight is 290 g/mol. The Balaban J connectivity index is 1.85. The molecule has 0 saturated heterocycles. The molecular weight excluding hydrogens is 256 g/mol. The molecule has 2 aliphatic carbocycles. The van der Waals surface area contributed by atoms with Crippen LogP contribution in [0, 0.1) is 23.7 Å². The van der Waals surface area contributed by atoms with Crippen molar-refractivity contribution < 1.29 is 5.11 Å². The highest BCUT2D eigenvalue weighted by Crippen LogP contribution is 2.36. The first-order valence-electron chi connectivity index (χ1n) is 8.97. The normalized spacial score (nSPS) is 36.2. The van der Waals surface area contributed by atoms with Gasteiger partial charge in [-0.05, 0) is 76.0 Å². The van der Waals surface area contributed by atoms with Crippen molar-refractivity contribution in [3.63, 3.8) is 0 Å². The van der Waals surface area contributed by atoms with E-state index >= 15 is 0 Å². The lowest BCUT2D eigenvalue weighted by molar-refractivity contribution is 0.0231. The topological polar surface area (TPSA) is 20.2 Å². The van der Waals surface area contributed by atoms with Gasteiger partial charge in [0.25, 0.3) is 0 Å². The van der Waals surface area contributed by atoms with Gasteiger partial charge in [-0.3, -0.25) is 0 Å². The number of allylic oxidation sites excluding steroid dienone is 4. The van der Waals surface area contributed by atoms with Crippen molar-refractivity contribution in [3.05, 3.63) is 23.3 Å². The molecule has 0 bridgehead atoms. The Kier molecular flexibility index (Phi) is 6.10. The maximum absolute atomic E-state index is 10.3. The van der Waals surface area contributed by atoms with Gasteiger partial charge in [0.1, 0.15) is 0 Å². The van der Waals surface area contributed by atoms with Crippen LogP contribution in [0.15, 0.2) is 23.3 Å². The first kappa shape index (κ1) is 16.8. The van der Waals surface area contributed by atoms with Crippen molar-refractivity contribution in [1.82, 2.24) is 0 Å². The van der Waals surface area contributed by atoms with E-state index in [1.165, 1.54) is 32.1 Å². The lowest BCUT2D eigenvalue weighted by Gasteiger charge is -2.35. The Morgan fingerprint density at radius 1 is 1.38 bits per heavy atom. The van der Waals surface area contributed by atoms with Gasteiger partial charge in [-0.25, -0.2) is 0 Å². The third-order valence-electron chi connectivity index (χ3n) is 5.96. The number of hydrogen-bond donors (Lipinski definition) is 1. The molecule has 0 aromatic carbocycles. The summed E-state index contributed by atoms with van der Waals surface area (Å²) in [6, 6.07) is 0. The number of aliphatic hydroxyl groups is 1. The van der Waals surface area contributed by atoms with E-state index in [1.807, 2.05) is 0 Å². The van der Waals surface area contributed by atoms with Crippen LogP contribution in [0.25, 0.3) is 0 Å². The summed E-state index contributed by atoms with van der Waals surface area (Å²) < 4.78 is 0. The van der Waals surface area contributed by atoms with Crippen LogP contribution in [0.4, 0.5) is 0 Å². The average Bonchev–Trinajstić information content (AvgIpc) is 2.45. The van der Waals surface area contributed by atoms with Crippen LogP contribution in [0.1, 0.15) is 72.6 Å². The van der Waals surface area contributed by atoms with E-state index in [9.17, 15) is 5.11 Å². The second kappa shape index (κ2) is 7.63. The Morgan fingerprint density at radius 3 is 2.76 bits per heavy atom. The molecule has 2 rings (SSSR count). The summed E-state index contributed by atoms with van der Waals surface area (Å²) in [5, 5.41) is 10.3. The lowest BCUT2D eigenvalue weighted by Crippen LogP contribution is -2.32. The van der Waals surface area contributed by atoms with Gasteiger partial charge in [-0.15, -0.1) is 0 Å². The quantitative estimate of drug-likeness (QED) is 0.678. The maximum atomic E-state index is 10.3. The van der Waals surface area contributed by atoms with Crippen LogP contribution in [0.2, 0.25) is 0 Å². The van der Waals surface area contributed by atoms with E-state index in [4.69, 9.17) is 0 Å². The molecule has 120 valence electrons. The van der Waals surface area contributed by atoms with Crippen LogP contribution >= 0.6 is 0 Å². The molecule has 0 heterocycles. The monoisotopic (exact) mass is 290 g/mol. The van der Waals surface area contributed by atoms with Crippen molar-refractivity contribution >= 4 is 0 Å². The number of aliphatic hydroxyl groups excluding tert-OH is 1. The zero-order chi connectivity index (χ0) is 15.4. The van der Waals surface area contributed by atoms with Crippen molar-refractivity contribution in [1.29, 1.82) is 0 Å². The highest BCUT2D eigenvalue weighted by molar-refractivity contribution is 5.12. The molecule has 1 N–H and O–H groups in total. The molecule has 2 aliphatic rings. The summed E-state index contributed by atoms with van der Waals surface area (Å²) in [4.78, 5) is 0. The molecule has 1 heteroatoms. The fourth-order valence-corrected chi connectivity index (χ4v) is 4.13. The molecule has 0 aromatic rings. The molecule has 0 radical (unpaired) electrons. The largest absolute Gasteiger partial charge is 0.393 e. The SMILES string of the molecule is CC1=CC[C@H](/C(C)=C\CC(C)[C@@H]2CC[C@@H](C)C[C@H]2O)CC1. The molecule has 21 heavy (non-hydrogen) atoms. The molecule has 0 aromatic heterocycles. The minimum Gasteiger partial charge on any atom is -0.393 e. The number of rotatable bonds is 4. The molecule has 5 atom stereocenters. The minimum absolute atomic E-state index is 0.0716. The minimum atomic E-state index is -0.0716. The lowest BCUT2D eigenvalue weighted by atomic mass is 9.73. The molecule has 1 nitrogen and oxygen atoms in total. The van der Waals surface area contributed by atoms with E-state index in [0.717, 1.165) is 18.8 Å². The molecular formula is C20H34O. The summed E-state index contributed by atoms with van der Waals surface area (Å²) in [6.07, 6.45) is 13.3. The van der Waals surface area contributed by atoms with Gasteiger partial charge in [0.05, 0.1) is 6.10 Å². The van der Waals surface area contributed by atoms with Crippen molar-refractivity contribution in [2.45, 2.75) is 78.7 Å². The Labute approximate surface area is 131 Å². The van der Waals surface area contributed by atoms with Gasteiger partial charge in [-0.1, -0.05) is 43.6 Å². The van der Waals surface area contributed by atoms with Crippen LogP contribution in [0.5, 0.6) is 0 Å². The Morgan fingerprint density at radius 2 is 2.14 bits per heavy atom. The Bertz CT molecular complexity index is 393. The fourth-order valence-electron chi connectivity index (χ4n) is 4.13. The standard InChI is InChI=1S/C20H34O/c1-14-5-10-18(11-6-14)16(3)8-9-17(4)19-12-7-15(2)13-20(19)21/h5,8,15,17-21H,6-7,9-13H2,1-4H3/b16-8-/t15-,17?,18+,19+,20-/m1/s1. The molecule has 0 spiro atoms. The summed E-state index contributed by atoms with van der Waals surface area (Å²) in [7, 11) is 0. The van der Waals surface area contributed by atoms with Crippen LogP contribution in [0.3, 0.4) is 0 Å². The fraction of sp³-hybridized carbons (Fsp3) is 0.800. The van der Waals surface area contributed by atoms with E-state index in [-0.39, 0.29) is 6.10 Å². The second-order valence-electron chi connectivity index (χ2n) is 7.83. The van der Waals surface area contributed by atoms with Crippen LogP contribution in [-0.2, 0) is 0 Å². The van der Waals surface area contributed by atoms with Gasteiger partial charge < -0.3 is 5.11 Å². The molecule has 0 amide bonds. The van der Waals surface area contributed by atoms with Crippen molar-refractivity contribution in [3.8, 4) is 0 Å². The highest BCUT2D eigenvalue weighted by Gasteiger charge is 2.30. The van der Waals surface area contributed by atoms with Crippen LogP contribution in [-0.4, -0.2) is 11.2 Å². The second-order valence-corrected chi connectivity index (χ2v) is 7.83. The van der Waals surface area contributed by atoms with Gasteiger partial charge in [0.15, 0.2) is 0 Å². The van der Waals surface area contributed by atoms with Crippen molar-refractivity contribution in [2.75, 3.05) is 0 Å². The van der Waals surface area contributed by atoms with E-state index in [0.29, 0.717) is 17.8 Å². The third kappa shape index (κ3) is 4.71. The highest BCUT2D eigenvalue weighted by atomic mass is 16.3. The summed E-state index contributed by atoms with van der Waals surface area (Å²) in [5.74, 6) is 2.59. The first-order chi connectivity index (χ1) is 9.97.